The van der Waals surface area contributed by atoms with Crippen molar-refractivity contribution in [2.24, 2.45) is 17.3 Å². The monoisotopic (exact) mass is 386 g/mol. The van der Waals surface area contributed by atoms with Gasteiger partial charge in [-0.25, -0.2) is 0 Å². The van der Waals surface area contributed by atoms with Crippen LogP contribution in [-0.4, -0.2) is 37.5 Å². The van der Waals surface area contributed by atoms with E-state index in [1.54, 1.807) is 13.0 Å². The highest BCUT2D eigenvalue weighted by molar-refractivity contribution is 6.04. The molecular formula is C22H26O6. The minimum atomic E-state index is -1.32. The summed E-state index contributed by atoms with van der Waals surface area (Å²) in [4.78, 5) is 26.8. The molecule has 2 aliphatic carbocycles. The molecule has 5 rings (SSSR count). The lowest BCUT2D eigenvalue weighted by atomic mass is 9.52. The summed E-state index contributed by atoms with van der Waals surface area (Å²) >= 11 is 0. The highest BCUT2D eigenvalue weighted by atomic mass is 16.7. The summed E-state index contributed by atoms with van der Waals surface area (Å²) in [5, 5.41) is 0. The normalized spacial score (nSPS) is 35.5. The maximum Gasteiger partial charge on any atom is 0.329 e. The van der Waals surface area contributed by atoms with E-state index in [9.17, 15) is 9.59 Å². The Hall–Kier alpha value is -1.92. The Bertz CT molecular complexity index is 798. The summed E-state index contributed by atoms with van der Waals surface area (Å²) in [7, 11) is 0. The van der Waals surface area contributed by atoms with Crippen molar-refractivity contribution in [3.8, 4) is 5.75 Å². The smallest absolute Gasteiger partial charge is 0.329 e. The molecular weight excluding hydrogens is 360 g/mol. The van der Waals surface area contributed by atoms with E-state index in [1.807, 2.05) is 18.2 Å². The minimum absolute atomic E-state index is 0.00808. The molecule has 0 bridgehead atoms. The van der Waals surface area contributed by atoms with Crippen LogP contribution in [0.3, 0.4) is 0 Å². The average Bonchev–Trinajstić information content (AvgIpc) is 3.20. The molecule has 0 radical (unpaired) electrons. The third kappa shape index (κ3) is 2.28. The second kappa shape index (κ2) is 6.56. The van der Waals surface area contributed by atoms with E-state index in [2.05, 4.69) is 0 Å². The Kier molecular flexibility index (Phi) is 4.25. The number of ether oxygens (including phenoxy) is 4. The third-order valence-corrected chi connectivity index (χ3v) is 7.13. The molecule has 3 fully saturated rings. The lowest BCUT2D eigenvalue weighted by Crippen LogP contribution is -2.65. The van der Waals surface area contributed by atoms with Crippen LogP contribution in [0.1, 0.15) is 50.5 Å². The molecule has 4 unspecified atom stereocenters. The summed E-state index contributed by atoms with van der Waals surface area (Å²) in [5.41, 5.74) is -0.446. The summed E-state index contributed by atoms with van der Waals surface area (Å²) in [6.45, 7) is 3.30. The fraction of sp³-hybridized carbons (Fsp3) is 0.636. The van der Waals surface area contributed by atoms with Gasteiger partial charge in [0.05, 0.1) is 19.8 Å². The molecule has 150 valence electrons. The Morgan fingerprint density at radius 3 is 2.68 bits per heavy atom. The van der Waals surface area contributed by atoms with E-state index in [0.717, 1.165) is 31.2 Å². The SMILES string of the molecule is CCOC(=O)C12C(=O)Oc3ccccc3C1CC1(OCCCO1)C1CCCC12. The van der Waals surface area contributed by atoms with Gasteiger partial charge in [-0.2, -0.15) is 0 Å². The van der Waals surface area contributed by atoms with E-state index in [0.29, 0.717) is 25.4 Å². The fourth-order valence-electron chi connectivity index (χ4n) is 6.13. The Labute approximate surface area is 164 Å². The molecule has 4 aliphatic rings. The molecule has 1 aromatic carbocycles. The van der Waals surface area contributed by atoms with Gasteiger partial charge in [-0.05, 0) is 43.7 Å². The van der Waals surface area contributed by atoms with E-state index in [-0.39, 0.29) is 24.4 Å². The number of benzene rings is 1. The van der Waals surface area contributed by atoms with Gasteiger partial charge in [0.2, 0.25) is 0 Å². The van der Waals surface area contributed by atoms with Crippen LogP contribution in [-0.2, 0) is 23.8 Å². The Morgan fingerprint density at radius 2 is 1.89 bits per heavy atom. The number of carbonyl (C=O) groups excluding carboxylic acids is 2. The van der Waals surface area contributed by atoms with Crippen molar-refractivity contribution < 1.29 is 28.5 Å². The molecule has 0 aromatic heterocycles. The molecule has 1 saturated heterocycles. The Balaban J connectivity index is 1.70. The number of esters is 2. The van der Waals surface area contributed by atoms with Gasteiger partial charge >= 0.3 is 11.9 Å². The largest absolute Gasteiger partial charge is 0.465 e. The van der Waals surface area contributed by atoms with E-state index in [1.165, 1.54) is 0 Å². The van der Waals surface area contributed by atoms with Crippen molar-refractivity contribution in [2.75, 3.05) is 19.8 Å². The molecule has 2 aliphatic heterocycles. The zero-order valence-electron chi connectivity index (χ0n) is 16.1. The predicted molar refractivity (Wildman–Crippen MR) is 98.6 cm³/mol. The minimum Gasteiger partial charge on any atom is -0.465 e. The molecule has 2 heterocycles. The maximum absolute atomic E-state index is 13.4. The first kappa shape index (κ1) is 18.1. The second-order valence-corrected chi connectivity index (χ2v) is 8.28. The van der Waals surface area contributed by atoms with Crippen molar-refractivity contribution >= 4 is 11.9 Å². The molecule has 28 heavy (non-hydrogen) atoms. The van der Waals surface area contributed by atoms with Crippen LogP contribution < -0.4 is 4.74 Å². The summed E-state index contributed by atoms with van der Waals surface area (Å²) < 4.78 is 23.8. The lowest BCUT2D eigenvalue weighted by molar-refractivity contribution is -0.324. The van der Waals surface area contributed by atoms with Gasteiger partial charge in [-0.3, -0.25) is 9.59 Å². The van der Waals surface area contributed by atoms with Crippen molar-refractivity contribution in [3.63, 3.8) is 0 Å². The van der Waals surface area contributed by atoms with E-state index < -0.39 is 23.1 Å². The van der Waals surface area contributed by atoms with Crippen LogP contribution in [0.4, 0.5) is 0 Å². The highest BCUT2D eigenvalue weighted by Crippen LogP contribution is 2.66. The summed E-state index contributed by atoms with van der Waals surface area (Å²) in [5.74, 6) is -1.72. The molecule has 0 N–H and O–H groups in total. The van der Waals surface area contributed by atoms with Crippen LogP contribution in [0, 0.1) is 17.3 Å². The van der Waals surface area contributed by atoms with Gasteiger partial charge in [-0.1, -0.05) is 24.6 Å². The van der Waals surface area contributed by atoms with Gasteiger partial charge in [-0.15, -0.1) is 0 Å². The number of hydrogen-bond acceptors (Lipinski definition) is 6. The third-order valence-electron chi connectivity index (χ3n) is 7.13. The van der Waals surface area contributed by atoms with E-state index in [4.69, 9.17) is 18.9 Å². The van der Waals surface area contributed by atoms with Crippen LogP contribution >= 0.6 is 0 Å². The molecule has 6 heteroatoms. The molecule has 2 saturated carbocycles. The first-order valence-electron chi connectivity index (χ1n) is 10.4. The van der Waals surface area contributed by atoms with Crippen LogP contribution in [0.2, 0.25) is 0 Å². The second-order valence-electron chi connectivity index (χ2n) is 8.28. The van der Waals surface area contributed by atoms with Gasteiger partial charge in [0.15, 0.2) is 11.2 Å². The molecule has 6 nitrogen and oxygen atoms in total. The van der Waals surface area contributed by atoms with Crippen LogP contribution in [0.5, 0.6) is 5.75 Å². The molecule has 1 spiro atoms. The van der Waals surface area contributed by atoms with Crippen molar-refractivity contribution in [2.45, 2.75) is 50.7 Å². The van der Waals surface area contributed by atoms with E-state index >= 15 is 0 Å². The maximum atomic E-state index is 13.4. The standard InChI is InChI=1S/C22H26O6/c1-2-25-19(23)22-16-9-5-8-15(16)21(26-11-6-12-27-21)13-17(22)14-7-3-4-10-18(14)28-20(22)24/h3-4,7,10,15-17H,2,5-6,8-9,11-13H2,1H3. The number of hydrogen-bond donors (Lipinski definition) is 0. The quantitative estimate of drug-likeness (QED) is 0.442. The van der Waals surface area contributed by atoms with Gasteiger partial charge in [0.1, 0.15) is 5.75 Å². The van der Waals surface area contributed by atoms with Gasteiger partial charge in [0, 0.05) is 18.3 Å². The fourth-order valence-corrected chi connectivity index (χ4v) is 6.13. The van der Waals surface area contributed by atoms with Crippen molar-refractivity contribution in [1.29, 1.82) is 0 Å². The predicted octanol–water partition coefficient (Wildman–Crippen LogP) is 3.19. The highest BCUT2D eigenvalue weighted by Gasteiger charge is 2.72. The van der Waals surface area contributed by atoms with Crippen LogP contribution in [0.15, 0.2) is 24.3 Å². The zero-order valence-corrected chi connectivity index (χ0v) is 16.1. The van der Waals surface area contributed by atoms with Gasteiger partial charge in [0.25, 0.3) is 0 Å². The topological polar surface area (TPSA) is 71.1 Å². The average molecular weight is 386 g/mol. The molecule has 4 atom stereocenters. The number of carbonyl (C=O) groups is 2. The van der Waals surface area contributed by atoms with Crippen molar-refractivity contribution in [3.05, 3.63) is 29.8 Å². The summed E-state index contributed by atoms with van der Waals surface area (Å²) in [6.07, 6.45) is 3.93. The Morgan fingerprint density at radius 1 is 1.14 bits per heavy atom. The number of para-hydroxylation sites is 1. The van der Waals surface area contributed by atoms with Crippen molar-refractivity contribution in [1.82, 2.24) is 0 Å². The first-order chi connectivity index (χ1) is 13.6. The zero-order chi connectivity index (χ0) is 19.4. The molecule has 0 amide bonds. The first-order valence-corrected chi connectivity index (χ1v) is 10.4. The lowest BCUT2D eigenvalue weighted by Gasteiger charge is -2.57. The summed E-state index contributed by atoms with van der Waals surface area (Å²) in [6, 6.07) is 7.50. The number of fused-ring (bicyclic) bond motifs is 6. The number of rotatable bonds is 2. The molecule has 1 aromatic rings. The van der Waals surface area contributed by atoms with Gasteiger partial charge < -0.3 is 18.9 Å². The van der Waals surface area contributed by atoms with Crippen LogP contribution in [0.25, 0.3) is 0 Å².